The summed E-state index contributed by atoms with van der Waals surface area (Å²) >= 11 is 0. The number of aliphatic hydroxyl groups is 8. The lowest BCUT2D eigenvalue weighted by atomic mass is 9.33. The third kappa shape index (κ3) is 7.19. The fraction of sp³-hybridized carbons (Fsp3) is 0.935. The summed E-state index contributed by atoms with van der Waals surface area (Å²) in [6, 6.07) is 0. The maximum Gasteiger partial charge on any atom is 0.309 e. The molecule has 5 saturated carbocycles. The van der Waals surface area contributed by atoms with E-state index >= 15 is 0 Å². The SMILES string of the molecule is C=C(C)C1CCC2(C(=O)O)CCC3(C)C(CCC4C5(C)CCC(OC6OCC(OC7OC(CO)C(O)C(O)C7O)C(O)C6OC6C(O)C(C)OC(O)C6O)C(C)C5CCC43C)C12. The van der Waals surface area contributed by atoms with Crippen LogP contribution in [0.3, 0.4) is 0 Å². The van der Waals surface area contributed by atoms with E-state index in [4.69, 9.17) is 28.4 Å². The highest BCUT2D eigenvalue weighted by atomic mass is 16.7. The smallest absolute Gasteiger partial charge is 0.309 e. The average Bonchev–Trinajstić information content (AvgIpc) is 3.64. The second-order valence-corrected chi connectivity index (χ2v) is 21.6. The van der Waals surface area contributed by atoms with Crippen molar-refractivity contribution in [2.75, 3.05) is 13.2 Å². The van der Waals surface area contributed by atoms with Crippen molar-refractivity contribution in [3.8, 4) is 0 Å². The van der Waals surface area contributed by atoms with E-state index in [-0.39, 0.29) is 46.7 Å². The van der Waals surface area contributed by atoms with Gasteiger partial charge in [0.1, 0.15) is 61.0 Å². The topological polar surface area (TPSA) is 255 Å². The minimum absolute atomic E-state index is 0.0131. The molecule has 0 spiro atoms. The standard InChI is InChI=1S/C46H74O16/c1-20(2)23-10-15-46(42(55)56)17-16-44(6)25(30(23)46)8-9-29-43(5)13-12-26(21(3)24(43)11-14-45(29,44)7)59-41-38(62-37-31(48)22(4)58-39(54)36(37)53)33(50)28(19-57-41)61-40-35(52)34(51)32(49)27(18-47)60-40/h21-41,47-54H,1,8-19H2,2-7H3,(H,55,56). The van der Waals surface area contributed by atoms with Crippen LogP contribution in [0.25, 0.3) is 0 Å². The van der Waals surface area contributed by atoms with Crippen LogP contribution in [-0.4, -0.2) is 157 Å². The van der Waals surface area contributed by atoms with Crippen molar-refractivity contribution in [1.82, 2.24) is 0 Å². The summed E-state index contributed by atoms with van der Waals surface area (Å²) in [7, 11) is 0. The summed E-state index contributed by atoms with van der Waals surface area (Å²) in [5.74, 6) is 0.783. The largest absolute Gasteiger partial charge is 0.481 e. The van der Waals surface area contributed by atoms with E-state index in [2.05, 4.69) is 41.2 Å². The zero-order valence-electron chi connectivity index (χ0n) is 37.2. The fourth-order valence-corrected chi connectivity index (χ4v) is 15.3. The monoisotopic (exact) mass is 882 g/mol. The Bertz CT molecular complexity index is 1630. The number of hydrogen-bond donors (Lipinski definition) is 9. The second kappa shape index (κ2) is 17.1. The summed E-state index contributed by atoms with van der Waals surface area (Å²) in [6.07, 6.45) is -12.1. The first-order valence-electron chi connectivity index (χ1n) is 23.3. The molecule has 16 heteroatoms. The molecule has 354 valence electrons. The lowest BCUT2D eigenvalue weighted by Crippen LogP contribution is -2.66. The van der Waals surface area contributed by atoms with Gasteiger partial charge >= 0.3 is 5.97 Å². The molecule has 3 heterocycles. The molecule has 8 fully saturated rings. The van der Waals surface area contributed by atoms with Crippen LogP contribution in [-0.2, 0) is 33.2 Å². The Morgan fingerprint density at radius 3 is 2.08 bits per heavy atom. The van der Waals surface area contributed by atoms with E-state index in [1.165, 1.54) is 6.92 Å². The molecular weight excluding hydrogens is 808 g/mol. The lowest BCUT2D eigenvalue weighted by molar-refractivity contribution is -0.367. The van der Waals surface area contributed by atoms with Gasteiger partial charge < -0.3 is 74.4 Å². The molecule has 9 N–H and O–H groups in total. The average molecular weight is 883 g/mol. The number of allylic oxidation sites excluding steroid dienone is 1. The molecule has 8 rings (SSSR count). The number of carbonyl (C=O) groups is 1. The maximum absolute atomic E-state index is 13.1. The van der Waals surface area contributed by atoms with Gasteiger partial charge in [-0.25, -0.2) is 0 Å². The lowest BCUT2D eigenvalue weighted by Gasteiger charge is -2.71. The second-order valence-electron chi connectivity index (χ2n) is 21.6. The van der Waals surface area contributed by atoms with Gasteiger partial charge in [0, 0.05) is 0 Å². The summed E-state index contributed by atoms with van der Waals surface area (Å²) in [4.78, 5) is 13.1. The van der Waals surface area contributed by atoms with E-state index in [9.17, 15) is 50.8 Å². The normalized spacial score (nSPS) is 56.5. The van der Waals surface area contributed by atoms with Gasteiger partial charge in [-0.05, 0) is 130 Å². The highest BCUT2D eigenvalue weighted by molar-refractivity contribution is 5.76. The summed E-state index contributed by atoms with van der Waals surface area (Å²) in [5, 5.41) is 96.3. The Morgan fingerprint density at radius 1 is 0.694 bits per heavy atom. The molecular formula is C46H74O16. The Balaban J connectivity index is 1.01. The molecule has 0 radical (unpaired) electrons. The van der Waals surface area contributed by atoms with E-state index in [1.807, 2.05) is 0 Å². The van der Waals surface area contributed by atoms with Crippen molar-refractivity contribution >= 4 is 5.97 Å². The van der Waals surface area contributed by atoms with E-state index in [0.717, 1.165) is 56.9 Å². The van der Waals surface area contributed by atoms with Gasteiger partial charge in [0.25, 0.3) is 0 Å². The van der Waals surface area contributed by atoms with Crippen LogP contribution in [0.2, 0.25) is 0 Å². The predicted octanol–water partition coefficient (Wildman–Crippen LogP) is 1.84. The van der Waals surface area contributed by atoms with Crippen LogP contribution in [0.4, 0.5) is 0 Å². The van der Waals surface area contributed by atoms with Crippen molar-refractivity contribution in [1.29, 1.82) is 0 Å². The zero-order chi connectivity index (χ0) is 45.0. The minimum Gasteiger partial charge on any atom is -0.481 e. The Morgan fingerprint density at radius 2 is 1.40 bits per heavy atom. The number of hydrogen-bond acceptors (Lipinski definition) is 15. The summed E-state index contributed by atoms with van der Waals surface area (Å²) < 4.78 is 36.1. The van der Waals surface area contributed by atoms with Gasteiger partial charge in [-0.15, -0.1) is 0 Å². The molecule has 62 heavy (non-hydrogen) atoms. The number of ether oxygens (including phenoxy) is 6. The predicted molar refractivity (Wildman–Crippen MR) is 218 cm³/mol. The van der Waals surface area contributed by atoms with E-state index in [1.54, 1.807) is 0 Å². The van der Waals surface area contributed by atoms with Crippen LogP contribution in [0, 0.1) is 57.2 Å². The van der Waals surface area contributed by atoms with Crippen LogP contribution in [0.1, 0.15) is 106 Å². The van der Waals surface area contributed by atoms with Gasteiger partial charge in [0.05, 0.1) is 30.8 Å². The maximum atomic E-state index is 13.1. The Hall–Kier alpha value is -1.35. The molecule has 25 atom stereocenters. The third-order valence-corrected chi connectivity index (χ3v) is 19.0. The number of carboxylic acids is 1. The number of aliphatic carboxylic acids is 1. The summed E-state index contributed by atoms with van der Waals surface area (Å²) in [6.45, 7) is 16.7. The van der Waals surface area contributed by atoms with Gasteiger partial charge in [-0.2, -0.15) is 0 Å². The fourth-order valence-electron chi connectivity index (χ4n) is 15.3. The van der Waals surface area contributed by atoms with Gasteiger partial charge in [0.2, 0.25) is 0 Å². The molecule has 0 amide bonds. The van der Waals surface area contributed by atoms with Crippen LogP contribution < -0.4 is 0 Å². The van der Waals surface area contributed by atoms with E-state index < -0.39 is 104 Å². The van der Waals surface area contributed by atoms with Crippen molar-refractivity contribution in [2.45, 2.75) is 198 Å². The molecule has 0 aromatic heterocycles. The molecule has 25 unspecified atom stereocenters. The van der Waals surface area contributed by atoms with Gasteiger partial charge in [-0.3, -0.25) is 4.79 Å². The van der Waals surface area contributed by atoms with Crippen LogP contribution in [0.5, 0.6) is 0 Å². The van der Waals surface area contributed by atoms with Crippen LogP contribution >= 0.6 is 0 Å². The highest BCUT2D eigenvalue weighted by Gasteiger charge is 2.71. The number of carboxylic acid groups (broad SMARTS) is 1. The van der Waals surface area contributed by atoms with Crippen LogP contribution in [0.15, 0.2) is 12.2 Å². The van der Waals surface area contributed by atoms with E-state index in [0.29, 0.717) is 30.6 Å². The Labute approximate surface area is 364 Å². The first-order valence-corrected chi connectivity index (χ1v) is 23.3. The van der Waals surface area contributed by atoms with Crippen molar-refractivity contribution < 1.29 is 79.2 Å². The molecule has 3 saturated heterocycles. The molecule has 0 bridgehead atoms. The number of fused-ring (bicyclic) bond motifs is 7. The summed E-state index contributed by atoms with van der Waals surface area (Å²) in [5.41, 5.74) is 0.422. The van der Waals surface area contributed by atoms with Crippen molar-refractivity contribution in [3.05, 3.63) is 12.2 Å². The first kappa shape index (κ1) is 47.2. The molecule has 3 aliphatic heterocycles. The third-order valence-electron chi connectivity index (χ3n) is 19.0. The molecule has 5 aliphatic carbocycles. The molecule has 8 aliphatic rings. The quantitative estimate of drug-likeness (QED) is 0.118. The number of rotatable bonds is 9. The Kier molecular flexibility index (Phi) is 13.0. The van der Waals surface area contributed by atoms with Gasteiger partial charge in [0.15, 0.2) is 18.9 Å². The number of aliphatic hydroxyl groups excluding tert-OH is 8. The minimum atomic E-state index is -1.75. The van der Waals surface area contributed by atoms with Crippen molar-refractivity contribution in [3.63, 3.8) is 0 Å². The van der Waals surface area contributed by atoms with Crippen molar-refractivity contribution in [2.24, 2.45) is 57.2 Å². The molecule has 16 nitrogen and oxygen atoms in total. The van der Waals surface area contributed by atoms with Gasteiger partial charge in [-0.1, -0.05) is 39.8 Å². The highest BCUT2D eigenvalue weighted by Crippen LogP contribution is 2.77. The molecule has 0 aromatic carbocycles. The zero-order valence-corrected chi connectivity index (χ0v) is 37.2. The molecule has 0 aromatic rings. The first-order chi connectivity index (χ1) is 29.1.